The van der Waals surface area contributed by atoms with Gasteiger partial charge in [-0.05, 0) is 16.2 Å². The van der Waals surface area contributed by atoms with Gasteiger partial charge in [-0.15, -0.1) is 0 Å². The van der Waals surface area contributed by atoms with E-state index < -0.39 is 23.5 Å². The molecule has 5 heteroatoms. The average Bonchev–Trinajstić information content (AvgIpc) is 2.55. The van der Waals surface area contributed by atoms with E-state index in [1.165, 1.54) is 0 Å². The Balaban J connectivity index is 2.64. The van der Waals surface area contributed by atoms with Crippen molar-refractivity contribution in [3.05, 3.63) is 0 Å². The number of nitrogens with one attached hydrogen (secondary N) is 2. The molecule has 0 aromatic carbocycles. The van der Waals surface area contributed by atoms with Crippen molar-refractivity contribution in [1.82, 2.24) is 10.6 Å². The first-order valence-electron chi connectivity index (χ1n) is 6.61. The molecule has 2 amide bonds. The van der Waals surface area contributed by atoms with Crippen LogP contribution in [0.3, 0.4) is 0 Å². The molecule has 3 N–H and O–H groups in total. The molecule has 0 radical (unpaired) electrons. The fourth-order valence-corrected chi connectivity index (χ4v) is 2.51. The lowest BCUT2D eigenvalue weighted by molar-refractivity contribution is -0.141. The Labute approximate surface area is 115 Å². The van der Waals surface area contributed by atoms with Crippen LogP contribution in [0, 0.1) is 16.2 Å². The Morgan fingerprint density at radius 2 is 1.53 bits per heavy atom. The van der Waals surface area contributed by atoms with E-state index in [0.29, 0.717) is 0 Å². The Kier molecular flexibility index (Phi) is 3.65. The van der Waals surface area contributed by atoms with Crippen LogP contribution in [-0.4, -0.2) is 29.2 Å². The van der Waals surface area contributed by atoms with E-state index in [9.17, 15) is 14.7 Å². The second kappa shape index (κ2) is 4.39. The first kappa shape index (κ1) is 15.8. The fourth-order valence-electron chi connectivity index (χ4n) is 2.51. The largest absolute Gasteiger partial charge is 0.480 e. The van der Waals surface area contributed by atoms with E-state index >= 15 is 0 Å². The number of rotatable bonds is 3. The molecule has 5 nitrogen and oxygen atoms in total. The van der Waals surface area contributed by atoms with Crippen molar-refractivity contribution in [2.24, 2.45) is 16.2 Å². The smallest absolute Gasteiger partial charge is 0.326 e. The molecule has 1 fully saturated rings. The van der Waals surface area contributed by atoms with Crippen molar-refractivity contribution in [2.75, 3.05) is 0 Å². The molecular formula is C14H26N2O3. The lowest BCUT2D eigenvalue weighted by Crippen LogP contribution is -2.53. The summed E-state index contributed by atoms with van der Waals surface area (Å²) in [5.41, 5.74) is -0.465. The van der Waals surface area contributed by atoms with E-state index in [0.717, 1.165) is 0 Å². The second-order valence-corrected chi connectivity index (χ2v) is 7.63. The maximum atomic E-state index is 11.9. The zero-order valence-electron chi connectivity index (χ0n) is 12.9. The molecule has 0 aromatic rings. The van der Waals surface area contributed by atoms with Gasteiger partial charge in [0.2, 0.25) is 0 Å². The van der Waals surface area contributed by atoms with Gasteiger partial charge in [-0.25, -0.2) is 9.59 Å². The number of hydrogen-bond acceptors (Lipinski definition) is 2. The van der Waals surface area contributed by atoms with Crippen LogP contribution in [0.2, 0.25) is 0 Å². The van der Waals surface area contributed by atoms with Gasteiger partial charge < -0.3 is 15.7 Å². The number of urea groups is 1. The fraction of sp³-hybridized carbons (Fsp3) is 0.857. The summed E-state index contributed by atoms with van der Waals surface area (Å²) in [6, 6.07) is -1.25. The van der Waals surface area contributed by atoms with Gasteiger partial charge in [0, 0.05) is 6.04 Å². The highest BCUT2D eigenvalue weighted by molar-refractivity contribution is 5.83. The van der Waals surface area contributed by atoms with Crippen LogP contribution in [0.15, 0.2) is 0 Å². The number of carboxylic acid groups (broad SMARTS) is 1. The normalized spacial score (nSPS) is 22.5. The van der Waals surface area contributed by atoms with Crippen molar-refractivity contribution >= 4 is 12.0 Å². The summed E-state index contributed by atoms with van der Waals surface area (Å²) in [6.07, 6.45) is 0. The SMILES string of the molecule is CC(C)(C)[C@@H](NC(=O)NC1C(C)(C)C1(C)C)C(=O)O. The van der Waals surface area contributed by atoms with E-state index in [4.69, 9.17) is 0 Å². The van der Waals surface area contributed by atoms with Crippen LogP contribution >= 0.6 is 0 Å². The average molecular weight is 270 g/mol. The highest BCUT2D eigenvalue weighted by Crippen LogP contribution is 2.62. The molecule has 110 valence electrons. The molecule has 1 aliphatic carbocycles. The van der Waals surface area contributed by atoms with Crippen molar-refractivity contribution in [1.29, 1.82) is 0 Å². The van der Waals surface area contributed by atoms with Gasteiger partial charge in [0.1, 0.15) is 6.04 Å². The maximum Gasteiger partial charge on any atom is 0.326 e. The Bertz CT molecular complexity index is 380. The third-order valence-corrected chi connectivity index (χ3v) is 4.68. The molecule has 0 unspecified atom stereocenters. The summed E-state index contributed by atoms with van der Waals surface area (Å²) in [7, 11) is 0. The summed E-state index contributed by atoms with van der Waals surface area (Å²) >= 11 is 0. The molecule has 0 bridgehead atoms. The lowest BCUT2D eigenvalue weighted by atomic mass is 9.87. The number of carbonyl (C=O) groups is 2. The molecule has 0 heterocycles. The Morgan fingerprint density at radius 3 is 1.79 bits per heavy atom. The second-order valence-electron chi connectivity index (χ2n) is 7.63. The van der Waals surface area contributed by atoms with Crippen LogP contribution < -0.4 is 10.6 Å². The molecule has 1 rings (SSSR count). The van der Waals surface area contributed by atoms with Gasteiger partial charge >= 0.3 is 12.0 Å². The maximum absolute atomic E-state index is 11.9. The monoisotopic (exact) mass is 270 g/mol. The van der Waals surface area contributed by atoms with Gasteiger partial charge in [0.25, 0.3) is 0 Å². The highest BCUT2D eigenvalue weighted by atomic mass is 16.4. The molecule has 0 aromatic heterocycles. The third kappa shape index (κ3) is 2.85. The van der Waals surface area contributed by atoms with Gasteiger partial charge in [-0.2, -0.15) is 0 Å². The molecule has 1 atom stereocenters. The standard InChI is InChI=1S/C14H26N2O3/c1-12(2,3)8(9(17)18)15-11(19)16-10-13(4,5)14(10,6)7/h8,10H,1-7H3,(H,17,18)(H2,15,16,19)/t8-/m0/s1. The Hall–Kier alpha value is -1.26. The summed E-state index contributed by atoms with van der Waals surface area (Å²) in [6.45, 7) is 13.7. The molecule has 1 aliphatic rings. The molecule has 0 saturated heterocycles. The summed E-state index contributed by atoms with van der Waals surface area (Å²) in [5.74, 6) is -1.02. The first-order chi connectivity index (χ1) is 8.31. The number of aliphatic carboxylic acids is 1. The quantitative estimate of drug-likeness (QED) is 0.735. The summed E-state index contributed by atoms with van der Waals surface area (Å²) in [4.78, 5) is 23.1. The van der Waals surface area contributed by atoms with Gasteiger partial charge in [0.15, 0.2) is 0 Å². The Morgan fingerprint density at radius 1 is 1.11 bits per heavy atom. The van der Waals surface area contributed by atoms with E-state index in [1.54, 1.807) is 20.8 Å². The van der Waals surface area contributed by atoms with Gasteiger partial charge in [-0.1, -0.05) is 48.5 Å². The van der Waals surface area contributed by atoms with Crippen LogP contribution in [0.5, 0.6) is 0 Å². The van der Waals surface area contributed by atoms with Crippen LogP contribution in [-0.2, 0) is 4.79 Å². The molecule has 0 spiro atoms. The van der Waals surface area contributed by atoms with E-state index in [1.807, 2.05) is 0 Å². The lowest BCUT2D eigenvalue weighted by Gasteiger charge is -2.28. The molecule has 1 saturated carbocycles. The minimum absolute atomic E-state index is 0.0325. The van der Waals surface area contributed by atoms with E-state index in [2.05, 4.69) is 38.3 Å². The van der Waals surface area contributed by atoms with Gasteiger partial charge in [-0.3, -0.25) is 0 Å². The minimum Gasteiger partial charge on any atom is -0.480 e. The predicted octanol–water partition coefficient (Wildman–Crippen LogP) is 2.22. The topological polar surface area (TPSA) is 78.4 Å². The number of amides is 2. The van der Waals surface area contributed by atoms with Crippen molar-refractivity contribution < 1.29 is 14.7 Å². The van der Waals surface area contributed by atoms with Crippen molar-refractivity contribution in [3.8, 4) is 0 Å². The zero-order chi connectivity index (χ0) is 15.2. The van der Waals surface area contributed by atoms with Crippen LogP contribution in [0.4, 0.5) is 4.79 Å². The van der Waals surface area contributed by atoms with Crippen molar-refractivity contribution in [2.45, 2.75) is 60.5 Å². The van der Waals surface area contributed by atoms with Crippen LogP contribution in [0.25, 0.3) is 0 Å². The minimum atomic E-state index is -1.02. The molecular weight excluding hydrogens is 244 g/mol. The van der Waals surface area contributed by atoms with Crippen molar-refractivity contribution in [3.63, 3.8) is 0 Å². The zero-order valence-corrected chi connectivity index (χ0v) is 12.9. The molecule has 0 aliphatic heterocycles. The first-order valence-corrected chi connectivity index (χ1v) is 6.61. The number of hydrogen-bond donors (Lipinski definition) is 3. The predicted molar refractivity (Wildman–Crippen MR) is 73.9 cm³/mol. The third-order valence-electron chi connectivity index (χ3n) is 4.68. The number of carbonyl (C=O) groups excluding carboxylic acids is 1. The number of carboxylic acids is 1. The van der Waals surface area contributed by atoms with E-state index in [-0.39, 0.29) is 16.9 Å². The summed E-state index contributed by atoms with van der Waals surface area (Å²) < 4.78 is 0. The summed E-state index contributed by atoms with van der Waals surface area (Å²) in [5, 5.41) is 14.6. The van der Waals surface area contributed by atoms with Gasteiger partial charge in [0.05, 0.1) is 0 Å². The highest BCUT2D eigenvalue weighted by Gasteiger charge is 2.65. The van der Waals surface area contributed by atoms with Crippen LogP contribution in [0.1, 0.15) is 48.5 Å². The molecule has 19 heavy (non-hydrogen) atoms.